The van der Waals surface area contributed by atoms with Gasteiger partial charge in [0.1, 0.15) is 5.72 Å². The highest BCUT2D eigenvalue weighted by atomic mass is 16.5. The fraction of sp³-hybridized carbons (Fsp3) is 0.500. The maximum Gasteiger partial charge on any atom is 0.139 e. The molecule has 0 saturated carbocycles. The van der Waals surface area contributed by atoms with Gasteiger partial charge in [-0.25, -0.2) is 0 Å². The van der Waals surface area contributed by atoms with Crippen molar-refractivity contribution >= 4 is 0 Å². The van der Waals surface area contributed by atoms with Crippen LogP contribution in [0.15, 0.2) is 23.8 Å². The van der Waals surface area contributed by atoms with Gasteiger partial charge in [0.25, 0.3) is 0 Å². The van der Waals surface area contributed by atoms with Gasteiger partial charge in [-0.15, -0.1) is 0 Å². The van der Waals surface area contributed by atoms with Crippen LogP contribution >= 0.6 is 0 Å². The Kier molecular flexibility index (Phi) is 1.92. The third-order valence-corrected chi connectivity index (χ3v) is 1.75. The van der Waals surface area contributed by atoms with E-state index < -0.39 is 5.72 Å². The van der Waals surface area contributed by atoms with E-state index in [1.807, 2.05) is 19.1 Å². The molecule has 0 aromatic carbocycles. The van der Waals surface area contributed by atoms with Crippen LogP contribution in [0.2, 0.25) is 0 Å². The molecule has 2 heteroatoms. The van der Waals surface area contributed by atoms with E-state index in [9.17, 15) is 0 Å². The zero-order valence-corrected chi connectivity index (χ0v) is 6.42. The normalized spacial score (nSPS) is 32.1. The minimum absolute atomic E-state index is 0.556. The van der Waals surface area contributed by atoms with E-state index in [0.717, 1.165) is 6.42 Å². The molecule has 1 aliphatic rings. The first-order valence-electron chi connectivity index (χ1n) is 3.36. The lowest BCUT2D eigenvalue weighted by molar-refractivity contribution is 0.0393. The molecule has 10 heavy (non-hydrogen) atoms. The van der Waals surface area contributed by atoms with Crippen molar-refractivity contribution in [1.82, 2.24) is 0 Å². The number of allylic oxidation sites excluding steroid dienone is 2. The van der Waals surface area contributed by atoms with E-state index in [4.69, 9.17) is 10.5 Å². The summed E-state index contributed by atoms with van der Waals surface area (Å²) in [4.78, 5) is 0. The number of nitrogens with two attached hydrogens (primary N) is 1. The van der Waals surface area contributed by atoms with E-state index in [0.29, 0.717) is 0 Å². The molecule has 0 aromatic rings. The molecule has 56 valence electrons. The summed E-state index contributed by atoms with van der Waals surface area (Å²) in [6, 6.07) is 0. The van der Waals surface area contributed by atoms with Crippen LogP contribution in [0.4, 0.5) is 0 Å². The molecule has 0 bridgehead atoms. The van der Waals surface area contributed by atoms with E-state index in [-0.39, 0.29) is 0 Å². The second kappa shape index (κ2) is 2.56. The molecule has 0 radical (unpaired) electrons. The fourth-order valence-electron chi connectivity index (χ4n) is 0.880. The van der Waals surface area contributed by atoms with Crippen LogP contribution in [0.3, 0.4) is 0 Å². The highest BCUT2D eigenvalue weighted by molar-refractivity contribution is 5.25. The lowest BCUT2D eigenvalue weighted by Crippen LogP contribution is -2.39. The van der Waals surface area contributed by atoms with Gasteiger partial charge < -0.3 is 4.74 Å². The Labute approximate surface area is 61.4 Å². The molecule has 0 heterocycles. The molecule has 0 aliphatic heterocycles. The summed E-state index contributed by atoms with van der Waals surface area (Å²) in [6.45, 7) is 2.05. The van der Waals surface area contributed by atoms with Gasteiger partial charge in [-0.1, -0.05) is 17.7 Å². The molecule has 1 unspecified atom stereocenters. The molecule has 2 nitrogen and oxygen atoms in total. The van der Waals surface area contributed by atoms with Crippen molar-refractivity contribution in [3.63, 3.8) is 0 Å². The third-order valence-electron chi connectivity index (χ3n) is 1.75. The number of ether oxygens (including phenoxy) is 1. The van der Waals surface area contributed by atoms with E-state index in [1.165, 1.54) is 5.57 Å². The Morgan fingerprint density at radius 2 is 2.40 bits per heavy atom. The minimum Gasteiger partial charge on any atom is -0.360 e. The van der Waals surface area contributed by atoms with Gasteiger partial charge in [0.15, 0.2) is 0 Å². The quantitative estimate of drug-likeness (QED) is 0.554. The molecule has 0 saturated heterocycles. The zero-order chi connectivity index (χ0) is 7.61. The number of hydrogen-bond donors (Lipinski definition) is 1. The van der Waals surface area contributed by atoms with Crippen LogP contribution in [0.5, 0.6) is 0 Å². The lowest BCUT2D eigenvalue weighted by atomic mass is 10.0. The van der Waals surface area contributed by atoms with Crippen molar-refractivity contribution in [2.75, 3.05) is 7.11 Å². The maximum atomic E-state index is 5.77. The summed E-state index contributed by atoms with van der Waals surface area (Å²) in [5.74, 6) is 0. The van der Waals surface area contributed by atoms with Crippen molar-refractivity contribution in [1.29, 1.82) is 0 Å². The number of methoxy groups -OCH3 is 1. The standard InChI is InChI=1S/C8H13NO/c1-7-3-5-8(9,10-2)6-4-7/h3-5H,6,9H2,1-2H3. The molecule has 1 rings (SSSR count). The second-order valence-electron chi connectivity index (χ2n) is 2.64. The summed E-state index contributed by atoms with van der Waals surface area (Å²) in [5, 5.41) is 0. The highest BCUT2D eigenvalue weighted by Crippen LogP contribution is 2.18. The first kappa shape index (κ1) is 7.51. The van der Waals surface area contributed by atoms with Gasteiger partial charge in [0.05, 0.1) is 0 Å². The monoisotopic (exact) mass is 139 g/mol. The molecular formula is C8H13NO. The average Bonchev–Trinajstić information content (AvgIpc) is 1.96. The van der Waals surface area contributed by atoms with Crippen LogP contribution < -0.4 is 5.73 Å². The van der Waals surface area contributed by atoms with Crippen LogP contribution in [0.1, 0.15) is 13.3 Å². The zero-order valence-electron chi connectivity index (χ0n) is 6.42. The number of hydrogen-bond acceptors (Lipinski definition) is 2. The van der Waals surface area contributed by atoms with Crippen LogP contribution in [-0.4, -0.2) is 12.8 Å². The number of rotatable bonds is 1. The molecule has 1 atom stereocenters. The molecule has 0 aromatic heterocycles. The Balaban J connectivity index is 2.67. The van der Waals surface area contributed by atoms with Crippen molar-refractivity contribution in [3.8, 4) is 0 Å². The average molecular weight is 139 g/mol. The van der Waals surface area contributed by atoms with Gasteiger partial charge in [0.2, 0.25) is 0 Å². The van der Waals surface area contributed by atoms with Crippen molar-refractivity contribution in [2.24, 2.45) is 5.73 Å². The lowest BCUT2D eigenvalue weighted by Gasteiger charge is -2.25. The predicted molar refractivity (Wildman–Crippen MR) is 41.4 cm³/mol. The van der Waals surface area contributed by atoms with Crippen LogP contribution in [0.25, 0.3) is 0 Å². The summed E-state index contributed by atoms with van der Waals surface area (Å²) >= 11 is 0. The molecule has 0 spiro atoms. The van der Waals surface area contributed by atoms with E-state index in [1.54, 1.807) is 7.11 Å². The second-order valence-corrected chi connectivity index (χ2v) is 2.64. The van der Waals surface area contributed by atoms with Gasteiger partial charge in [-0.3, -0.25) is 5.73 Å². The van der Waals surface area contributed by atoms with Gasteiger partial charge in [0, 0.05) is 13.5 Å². The topological polar surface area (TPSA) is 35.2 Å². The molecule has 2 N–H and O–H groups in total. The summed E-state index contributed by atoms with van der Waals surface area (Å²) in [5.41, 5.74) is 6.46. The summed E-state index contributed by atoms with van der Waals surface area (Å²) in [6.07, 6.45) is 6.71. The smallest absolute Gasteiger partial charge is 0.139 e. The molecule has 1 aliphatic carbocycles. The molecule has 0 fully saturated rings. The predicted octanol–water partition coefficient (Wildman–Crippen LogP) is 1.19. The van der Waals surface area contributed by atoms with Crippen molar-refractivity contribution in [2.45, 2.75) is 19.1 Å². The van der Waals surface area contributed by atoms with Gasteiger partial charge in [-0.05, 0) is 13.0 Å². The summed E-state index contributed by atoms with van der Waals surface area (Å²) < 4.78 is 5.07. The maximum absolute atomic E-state index is 5.77. The SMILES string of the molecule is COC1(N)C=CC(C)=CC1. The Bertz CT molecular complexity index is 184. The van der Waals surface area contributed by atoms with E-state index >= 15 is 0 Å². The largest absolute Gasteiger partial charge is 0.360 e. The van der Waals surface area contributed by atoms with Gasteiger partial charge >= 0.3 is 0 Å². The first-order valence-corrected chi connectivity index (χ1v) is 3.36. The fourth-order valence-corrected chi connectivity index (χ4v) is 0.880. The Hall–Kier alpha value is -0.600. The van der Waals surface area contributed by atoms with Crippen molar-refractivity contribution < 1.29 is 4.74 Å². The third kappa shape index (κ3) is 1.46. The van der Waals surface area contributed by atoms with Gasteiger partial charge in [-0.2, -0.15) is 0 Å². The van der Waals surface area contributed by atoms with Crippen molar-refractivity contribution in [3.05, 3.63) is 23.8 Å². The Morgan fingerprint density at radius 1 is 1.70 bits per heavy atom. The van der Waals surface area contributed by atoms with Crippen LogP contribution in [0, 0.1) is 0 Å². The summed E-state index contributed by atoms with van der Waals surface area (Å²) in [7, 11) is 1.62. The molecule has 0 amide bonds. The molecular weight excluding hydrogens is 126 g/mol. The highest BCUT2D eigenvalue weighted by Gasteiger charge is 2.20. The minimum atomic E-state index is -0.556. The van der Waals surface area contributed by atoms with E-state index in [2.05, 4.69) is 6.08 Å². The Morgan fingerprint density at radius 3 is 2.80 bits per heavy atom. The first-order chi connectivity index (χ1) is 4.66. The van der Waals surface area contributed by atoms with Crippen LogP contribution in [-0.2, 0) is 4.74 Å².